The van der Waals surface area contributed by atoms with Gasteiger partial charge in [0.15, 0.2) is 0 Å². The minimum Gasteiger partial charge on any atom is -0.480 e. The van der Waals surface area contributed by atoms with Gasteiger partial charge in [-0.1, -0.05) is 19.3 Å². The molecule has 4 nitrogen and oxygen atoms in total. The number of aliphatic carboxylic acids is 1. The zero-order valence-corrected chi connectivity index (χ0v) is 10.2. The van der Waals surface area contributed by atoms with Crippen LogP contribution in [0.1, 0.15) is 45.4 Å². The van der Waals surface area contributed by atoms with Crippen molar-refractivity contribution in [1.29, 1.82) is 0 Å². The standard InChI is InChI=1S/C12H24N2O2/c1-10(12(15)16)13-8-5-9-14-11-6-3-2-4-7-11/h10-11,13-14H,2-9H2,1H3,(H,15,16). The molecule has 0 aromatic rings. The van der Waals surface area contributed by atoms with Gasteiger partial charge in [0.2, 0.25) is 0 Å². The summed E-state index contributed by atoms with van der Waals surface area (Å²) < 4.78 is 0. The van der Waals surface area contributed by atoms with Crippen LogP contribution >= 0.6 is 0 Å². The highest BCUT2D eigenvalue weighted by Crippen LogP contribution is 2.16. The smallest absolute Gasteiger partial charge is 0.320 e. The van der Waals surface area contributed by atoms with Gasteiger partial charge in [0, 0.05) is 6.04 Å². The van der Waals surface area contributed by atoms with Crippen LogP contribution in [-0.2, 0) is 4.79 Å². The molecule has 3 N–H and O–H groups in total. The summed E-state index contributed by atoms with van der Waals surface area (Å²) >= 11 is 0. The summed E-state index contributed by atoms with van der Waals surface area (Å²) in [5, 5.41) is 15.2. The number of carboxylic acid groups (broad SMARTS) is 1. The number of nitrogens with one attached hydrogen (secondary N) is 2. The van der Waals surface area contributed by atoms with Gasteiger partial charge in [-0.2, -0.15) is 0 Å². The number of hydrogen-bond acceptors (Lipinski definition) is 3. The van der Waals surface area contributed by atoms with E-state index in [2.05, 4.69) is 10.6 Å². The maximum Gasteiger partial charge on any atom is 0.320 e. The van der Waals surface area contributed by atoms with Crippen molar-refractivity contribution in [3.05, 3.63) is 0 Å². The Labute approximate surface area is 97.8 Å². The predicted molar refractivity (Wildman–Crippen MR) is 64.6 cm³/mol. The van der Waals surface area contributed by atoms with E-state index >= 15 is 0 Å². The van der Waals surface area contributed by atoms with E-state index < -0.39 is 12.0 Å². The topological polar surface area (TPSA) is 61.4 Å². The van der Waals surface area contributed by atoms with E-state index in [9.17, 15) is 4.79 Å². The molecule has 0 amide bonds. The van der Waals surface area contributed by atoms with Gasteiger partial charge in [0.25, 0.3) is 0 Å². The number of carboxylic acids is 1. The van der Waals surface area contributed by atoms with Crippen LogP contribution in [0.5, 0.6) is 0 Å². The Morgan fingerprint density at radius 2 is 2.00 bits per heavy atom. The number of rotatable bonds is 7. The zero-order valence-electron chi connectivity index (χ0n) is 10.2. The molecule has 1 atom stereocenters. The first-order chi connectivity index (χ1) is 7.70. The lowest BCUT2D eigenvalue weighted by atomic mass is 9.95. The summed E-state index contributed by atoms with van der Waals surface area (Å²) in [5.41, 5.74) is 0. The zero-order chi connectivity index (χ0) is 11.8. The second-order valence-electron chi connectivity index (χ2n) is 4.66. The SMILES string of the molecule is CC(NCCCNC1CCCCC1)C(=O)O. The summed E-state index contributed by atoms with van der Waals surface area (Å²) in [6.45, 7) is 3.44. The van der Waals surface area contributed by atoms with Gasteiger partial charge >= 0.3 is 5.97 Å². The van der Waals surface area contributed by atoms with Crippen molar-refractivity contribution in [2.45, 2.75) is 57.5 Å². The highest BCUT2D eigenvalue weighted by atomic mass is 16.4. The highest BCUT2D eigenvalue weighted by Gasteiger charge is 2.12. The second kappa shape index (κ2) is 7.63. The summed E-state index contributed by atoms with van der Waals surface area (Å²) in [6.07, 6.45) is 7.69. The average Bonchev–Trinajstić information content (AvgIpc) is 2.29. The largest absolute Gasteiger partial charge is 0.480 e. The van der Waals surface area contributed by atoms with E-state index in [1.807, 2.05) is 0 Å². The summed E-state index contributed by atoms with van der Waals surface area (Å²) in [7, 11) is 0. The van der Waals surface area contributed by atoms with Crippen molar-refractivity contribution in [3.8, 4) is 0 Å². The average molecular weight is 228 g/mol. The first-order valence-electron chi connectivity index (χ1n) is 6.39. The number of hydrogen-bond donors (Lipinski definition) is 3. The van der Waals surface area contributed by atoms with E-state index in [0.29, 0.717) is 6.04 Å². The molecule has 0 heterocycles. The fraction of sp³-hybridized carbons (Fsp3) is 0.917. The molecule has 1 aliphatic rings. The Hall–Kier alpha value is -0.610. The second-order valence-corrected chi connectivity index (χ2v) is 4.66. The Morgan fingerprint density at radius 1 is 1.31 bits per heavy atom. The van der Waals surface area contributed by atoms with Crippen molar-refractivity contribution < 1.29 is 9.90 Å². The van der Waals surface area contributed by atoms with Crippen molar-refractivity contribution in [3.63, 3.8) is 0 Å². The van der Waals surface area contributed by atoms with Gasteiger partial charge in [-0.3, -0.25) is 4.79 Å². The molecule has 0 radical (unpaired) electrons. The third-order valence-electron chi connectivity index (χ3n) is 3.21. The van der Waals surface area contributed by atoms with Gasteiger partial charge < -0.3 is 15.7 Å². The Kier molecular flexibility index (Phi) is 6.42. The molecule has 1 saturated carbocycles. The normalized spacial score (nSPS) is 19.6. The number of carbonyl (C=O) groups is 1. The van der Waals surface area contributed by atoms with Crippen LogP contribution in [0.2, 0.25) is 0 Å². The first-order valence-corrected chi connectivity index (χ1v) is 6.39. The molecule has 0 bridgehead atoms. The van der Waals surface area contributed by atoms with Gasteiger partial charge in [-0.15, -0.1) is 0 Å². The van der Waals surface area contributed by atoms with E-state index in [1.54, 1.807) is 6.92 Å². The van der Waals surface area contributed by atoms with Crippen LogP contribution in [0.3, 0.4) is 0 Å². The molecular weight excluding hydrogens is 204 g/mol. The van der Waals surface area contributed by atoms with Gasteiger partial charge in [0.05, 0.1) is 0 Å². The van der Waals surface area contributed by atoms with Gasteiger partial charge in [-0.05, 0) is 39.3 Å². The molecule has 1 rings (SSSR count). The monoisotopic (exact) mass is 228 g/mol. The molecule has 1 unspecified atom stereocenters. The lowest BCUT2D eigenvalue weighted by Gasteiger charge is -2.22. The van der Waals surface area contributed by atoms with Crippen molar-refractivity contribution >= 4 is 5.97 Å². The quantitative estimate of drug-likeness (QED) is 0.576. The predicted octanol–water partition coefficient (Wildman–Crippen LogP) is 1.36. The molecule has 0 aliphatic heterocycles. The third-order valence-corrected chi connectivity index (χ3v) is 3.21. The molecule has 1 aliphatic carbocycles. The molecule has 0 aromatic heterocycles. The van der Waals surface area contributed by atoms with Crippen LogP contribution in [-0.4, -0.2) is 36.2 Å². The molecule has 1 fully saturated rings. The van der Waals surface area contributed by atoms with Crippen LogP contribution in [0.15, 0.2) is 0 Å². The van der Waals surface area contributed by atoms with Gasteiger partial charge in [0.1, 0.15) is 6.04 Å². The molecule has 0 spiro atoms. The maximum atomic E-state index is 10.5. The van der Waals surface area contributed by atoms with Gasteiger partial charge in [-0.25, -0.2) is 0 Å². The molecular formula is C12H24N2O2. The van der Waals surface area contributed by atoms with E-state index in [-0.39, 0.29) is 0 Å². The molecule has 16 heavy (non-hydrogen) atoms. The van der Waals surface area contributed by atoms with E-state index in [0.717, 1.165) is 19.5 Å². The first kappa shape index (κ1) is 13.5. The lowest BCUT2D eigenvalue weighted by Crippen LogP contribution is -2.37. The molecule has 0 aromatic carbocycles. The molecule has 4 heteroatoms. The maximum absolute atomic E-state index is 10.5. The minimum atomic E-state index is -0.778. The van der Waals surface area contributed by atoms with E-state index in [1.165, 1.54) is 32.1 Å². The third kappa shape index (κ3) is 5.47. The van der Waals surface area contributed by atoms with Crippen molar-refractivity contribution in [2.75, 3.05) is 13.1 Å². The molecule has 94 valence electrons. The van der Waals surface area contributed by atoms with Crippen LogP contribution in [0, 0.1) is 0 Å². The molecule has 0 saturated heterocycles. The van der Waals surface area contributed by atoms with Crippen LogP contribution in [0.25, 0.3) is 0 Å². The minimum absolute atomic E-state index is 0.435. The van der Waals surface area contributed by atoms with E-state index in [4.69, 9.17) is 5.11 Å². The Balaban J connectivity index is 1.93. The van der Waals surface area contributed by atoms with Crippen molar-refractivity contribution in [2.24, 2.45) is 0 Å². The van der Waals surface area contributed by atoms with Crippen molar-refractivity contribution in [1.82, 2.24) is 10.6 Å². The summed E-state index contributed by atoms with van der Waals surface area (Å²) in [5.74, 6) is -0.778. The fourth-order valence-corrected chi connectivity index (χ4v) is 2.11. The summed E-state index contributed by atoms with van der Waals surface area (Å²) in [4.78, 5) is 10.5. The van der Waals surface area contributed by atoms with Crippen LogP contribution < -0.4 is 10.6 Å². The summed E-state index contributed by atoms with van der Waals surface area (Å²) in [6, 6.07) is 0.264. The Morgan fingerprint density at radius 3 is 2.62 bits per heavy atom. The Bertz CT molecular complexity index is 203. The lowest BCUT2D eigenvalue weighted by molar-refractivity contribution is -0.138. The van der Waals surface area contributed by atoms with Crippen LogP contribution in [0.4, 0.5) is 0 Å². The fourth-order valence-electron chi connectivity index (χ4n) is 2.11. The highest BCUT2D eigenvalue weighted by molar-refractivity contribution is 5.72.